The third kappa shape index (κ3) is 4.54. The van der Waals surface area contributed by atoms with Crippen molar-refractivity contribution < 1.29 is 4.42 Å². The Balaban J connectivity index is 1.14. The Labute approximate surface area is 306 Å². The van der Waals surface area contributed by atoms with Gasteiger partial charge in [-0.2, -0.15) is 0 Å². The van der Waals surface area contributed by atoms with Gasteiger partial charge < -0.3 is 13.9 Å². The summed E-state index contributed by atoms with van der Waals surface area (Å²) >= 11 is 0. The molecule has 0 radical (unpaired) electrons. The molecule has 0 unspecified atom stereocenters. The number of aromatic nitrogens is 1. The first-order chi connectivity index (χ1) is 26.3. The number of rotatable bonds is 5. The van der Waals surface area contributed by atoms with Crippen molar-refractivity contribution in [1.29, 1.82) is 0 Å². The molecule has 248 valence electrons. The quantitative estimate of drug-likeness (QED) is 0.181. The molecule has 0 N–H and O–H groups in total. The van der Waals surface area contributed by atoms with Crippen molar-refractivity contribution in [2.45, 2.75) is 0 Å². The van der Waals surface area contributed by atoms with Gasteiger partial charge in [-0.15, -0.1) is 0 Å². The molecule has 0 spiro atoms. The molecular formula is C50H32N2O. The number of furan rings is 1. The zero-order valence-corrected chi connectivity index (χ0v) is 28.8. The second kappa shape index (κ2) is 11.7. The molecule has 0 bridgehead atoms. The topological polar surface area (TPSA) is 21.3 Å². The van der Waals surface area contributed by atoms with Crippen molar-refractivity contribution in [3.05, 3.63) is 194 Å². The summed E-state index contributed by atoms with van der Waals surface area (Å²) in [7, 11) is 0. The molecule has 2 aromatic heterocycles. The van der Waals surface area contributed by atoms with Gasteiger partial charge in [-0.25, -0.2) is 0 Å². The summed E-state index contributed by atoms with van der Waals surface area (Å²) in [5.74, 6) is 0. The molecule has 3 nitrogen and oxygen atoms in total. The van der Waals surface area contributed by atoms with Crippen LogP contribution in [-0.2, 0) is 0 Å². The molecule has 0 fully saturated rings. The number of anilines is 3. The second-order valence-corrected chi connectivity index (χ2v) is 13.7. The van der Waals surface area contributed by atoms with Crippen LogP contribution >= 0.6 is 0 Å². The van der Waals surface area contributed by atoms with Gasteiger partial charge in [-0.1, -0.05) is 140 Å². The lowest BCUT2D eigenvalue weighted by Crippen LogP contribution is -2.12. The van der Waals surface area contributed by atoms with Gasteiger partial charge in [0.15, 0.2) is 0 Å². The highest BCUT2D eigenvalue weighted by Crippen LogP contribution is 2.46. The van der Waals surface area contributed by atoms with Crippen LogP contribution < -0.4 is 4.90 Å². The third-order valence-electron chi connectivity index (χ3n) is 10.8. The van der Waals surface area contributed by atoms with E-state index in [1.165, 1.54) is 38.0 Å². The van der Waals surface area contributed by atoms with E-state index < -0.39 is 0 Å². The lowest BCUT2D eigenvalue weighted by molar-refractivity contribution is 0.674. The highest BCUT2D eigenvalue weighted by atomic mass is 16.3. The van der Waals surface area contributed by atoms with Gasteiger partial charge >= 0.3 is 0 Å². The molecule has 0 aliphatic rings. The molecular weight excluding hydrogens is 645 g/mol. The van der Waals surface area contributed by atoms with E-state index in [1.54, 1.807) is 0 Å². The summed E-state index contributed by atoms with van der Waals surface area (Å²) in [5, 5.41) is 9.44. The van der Waals surface area contributed by atoms with E-state index in [-0.39, 0.29) is 0 Å². The van der Waals surface area contributed by atoms with E-state index in [0.29, 0.717) is 0 Å². The van der Waals surface area contributed by atoms with Crippen LogP contribution in [0.15, 0.2) is 199 Å². The van der Waals surface area contributed by atoms with Crippen LogP contribution in [0.3, 0.4) is 0 Å². The zero-order valence-electron chi connectivity index (χ0n) is 28.8. The Morgan fingerprint density at radius 3 is 1.64 bits per heavy atom. The predicted octanol–water partition coefficient (Wildman–Crippen LogP) is 14.1. The molecule has 3 heteroatoms. The van der Waals surface area contributed by atoms with Gasteiger partial charge in [0.2, 0.25) is 0 Å². The number of benzene rings is 9. The first-order valence-corrected chi connectivity index (χ1v) is 18.1. The van der Waals surface area contributed by atoms with Crippen LogP contribution in [-0.4, -0.2) is 4.57 Å². The summed E-state index contributed by atoms with van der Waals surface area (Å²) in [6, 6.07) is 69.7. The normalized spacial score (nSPS) is 11.8. The lowest BCUT2D eigenvalue weighted by Gasteiger charge is -2.29. The Bertz CT molecular complexity index is 3130. The average Bonchev–Trinajstić information content (AvgIpc) is 3.78. The number of fused-ring (bicyclic) bond motifs is 9. The van der Waals surface area contributed by atoms with Gasteiger partial charge in [0.1, 0.15) is 11.2 Å². The first-order valence-electron chi connectivity index (χ1n) is 18.1. The molecule has 0 amide bonds. The van der Waals surface area contributed by atoms with E-state index in [4.69, 9.17) is 4.42 Å². The summed E-state index contributed by atoms with van der Waals surface area (Å²) < 4.78 is 9.25. The summed E-state index contributed by atoms with van der Waals surface area (Å²) in [4.78, 5) is 2.41. The van der Waals surface area contributed by atoms with E-state index in [2.05, 4.69) is 204 Å². The molecule has 9 aromatic carbocycles. The van der Waals surface area contributed by atoms with Gasteiger partial charge in [0, 0.05) is 54.8 Å². The fourth-order valence-corrected chi connectivity index (χ4v) is 8.40. The molecule has 2 heterocycles. The van der Waals surface area contributed by atoms with Gasteiger partial charge in [0.25, 0.3) is 0 Å². The van der Waals surface area contributed by atoms with Crippen molar-refractivity contribution in [3.8, 4) is 16.8 Å². The molecule has 11 aromatic rings. The minimum absolute atomic E-state index is 0.894. The maximum absolute atomic E-state index is 6.87. The summed E-state index contributed by atoms with van der Waals surface area (Å²) in [6.07, 6.45) is 0. The first kappa shape index (κ1) is 29.6. The SMILES string of the molecule is c1ccc(N(c2ccc(-n3c4ccccc4c4ccccc43)cc2)c2cccc3ccccc23)c(-c2cccc3c2oc2c4ccccc4ccc32)c1. The van der Waals surface area contributed by atoms with Crippen LogP contribution in [0, 0.1) is 0 Å². The van der Waals surface area contributed by atoms with Crippen LogP contribution in [0.25, 0.3) is 82.1 Å². The fourth-order valence-electron chi connectivity index (χ4n) is 8.40. The highest BCUT2D eigenvalue weighted by molar-refractivity contribution is 6.18. The predicted molar refractivity (Wildman–Crippen MR) is 223 cm³/mol. The Morgan fingerprint density at radius 2 is 0.868 bits per heavy atom. The number of hydrogen-bond donors (Lipinski definition) is 0. The zero-order chi connectivity index (χ0) is 34.9. The number of para-hydroxylation sites is 4. The molecule has 11 rings (SSSR count). The molecule has 0 saturated heterocycles. The van der Waals surface area contributed by atoms with Crippen LogP contribution in [0.1, 0.15) is 0 Å². The molecule has 0 saturated carbocycles. The number of hydrogen-bond acceptors (Lipinski definition) is 2. The summed E-state index contributed by atoms with van der Waals surface area (Å²) in [5.41, 5.74) is 10.8. The Morgan fingerprint density at radius 1 is 0.340 bits per heavy atom. The Hall–Kier alpha value is -7.10. The van der Waals surface area contributed by atoms with Crippen LogP contribution in [0.4, 0.5) is 17.1 Å². The minimum atomic E-state index is 0.894. The standard InChI is InChI=1S/C50H32N2O/c1-3-16-37-33(13-1)15-11-26-45(37)51(35-28-30-36(31-29-35)52-46-23-8-5-18-39(46)40-19-6-9-24-47(40)52)48-25-10-7-20-41(48)42-21-12-22-43-44-32-27-34-14-2-4-17-38(34)49(44)53-50(42)43/h1-32H. The van der Waals surface area contributed by atoms with E-state index >= 15 is 0 Å². The molecule has 0 aliphatic heterocycles. The van der Waals surface area contributed by atoms with Crippen molar-refractivity contribution in [1.82, 2.24) is 4.57 Å². The van der Waals surface area contributed by atoms with Crippen LogP contribution in [0.2, 0.25) is 0 Å². The van der Waals surface area contributed by atoms with E-state index in [9.17, 15) is 0 Å². The van der Waals surface area contributed by atoms with Crippen LogP contribution in [0.5, 0.6) is 0 Å². The van der Waals surface area contributed by atoms with Gasteiger partial charge in [0.05, 0.1) is 22.4 Å². The number of nitrogens with zero attached hydrogens (tertiary/aromatic N) is 2. The van der Waals surface area contributed by atoms with Crippen molar-refractivity contribution in [3.63, 3.8) is 0 Å². The van der Waals surface area contributed by atoms with Crippen molar-refractivity contribution >= 4 is 82.4 Å². The largest absolute Gasteiger partial charge is 0.455 e. The van der Waals surface area contributed by atoms with Gasteiger partial charge in [-0.05, 0) is 65.4 Å². The lowest BCUT2D eigenvalue weighted by atomic mass is 9.98. The van der Waals surface area contributed by atoms with Gasteiger partial charge in [-0.3, -0.25) is 0 Å². The molecule has 53 heavy (non-hydrogen) atoms. The minimum Gasteiger partial charge on any atom is -0.455 e. The second-order valence-electron chi connectivity index (χ2n) is 13.7. The van der Waals surface area contributed by atoms with E-state index in [1.807, 2.05) is 0 Å². The molecule has 0 aliphatic carbocycles. The smallest absolute Gasteiger partial charge is 0.143 e. The Kier molecular flexibility index (Phi) is 6.55. The highest BCUT2D eigenvalue weighted by Gasteiger charge is 2.22. The maximum atomic E-state index is 6.87. The van der Waals surface area contributed by atoms with Crippen molar-refractivity contribution in [2.24, 2.45) is 0 Å². The van der Waals surface area contributed by atoms with E-state index in [0.717, 1.165) is 61.2 Å². The fraction of sp³-hybridized carbons (Fsp3) is 0. The average molecular weight is 677 g/mol. The molecule has 0 atom stereocenters. The maximum Gasteiger partial charge on any atom is 0.143 e. The monoisotopic (exact) mass is 676 g/mol. The third-order valence-corrected chi connectivity index (χ3v) is 10.8. The van der Waals surface area contributed by atoms with Crippen molar-refractivity contribution in [2.75, 3.05) is 4.90 Å². The summed E-state index contributed by atoms with van der Waals surface area (Å²) in [6.45, 7) is 0.